The van der Waals surface area contributed by atoms with Gasteiger partial charge in [-0.3, -0.25) is 0 Å². The molecule has 0 amide bonds. The number of nitrogens with one attached hydrogen (secondary N) is 1. The molecule has 0 radical (unpaired) electrons. The standard InChI is InChI=1S/C15H17N.C5H12/c1-11-9-12(2)15(13(3)10-11)16-14-7-5-4-6-8-14;1-4-5(2)3/h4-10,16H,1-3H3;5H,4H2,1-3H3. The number of anilines is 2. The number of hydrogen-bond acceptors (Lipinski definition) is 1. The van der Waals surface area contributed by atoms with Crippen LogP contribution in [0, 0.1) is 26.7 Å². The highest BCUT2D eigenvalue weighted by molar-refractivity contribution is 5.67. The molecule has 0 aliphatic heterocycles. The molecule has 2 aromatic rings. The minimum atomic E-state index is 0.884. The minimum Gasteiger partial charge on any atom is -0.355 e. The van der Waals surface area contributed by atoms with Crippen molar-refractivity contribution in [2.24, 2.45) is 5.92 Å². The smallest absolute Gasteiger partial charge is 0.0443 e. The fraction of sp³-hybridized carbons (Fsp3) is 0.400. The Morgan fingerprint density at radius 1 is 0.905 bits per heavy atom. The van der Waals surface area contributed by atoms with Crippen LogP contribution in [0.1, 0.15) is 43.9 Å². The first kappa shape index (κ1) is 17.3. The molecular formula is C20H29N. The van der Waals surface area contributed by atoms with E-state index in [0.717, 1.165) is 11.6 Å². The van der Waals surface area contributed by atoms with E-state index in [4.69, 9.17) is 0 Å². The van der Waals surface area contributed by atoms with Crippen molar-refractivity contribution in [3.05, 3.63) is 59.2 Å². The van der Waals surface area contributed by atoms with Crippen LogP contribution < -0.4 is 5.32 Å². The van der Waals surface area contributed by atoms with Crippen molar-refractivity contribution < 1.29 is 0 Å². The lowest BCUT2D eigenvalue weighted by Crippen LogP contribution is -1.96. The molecule has 0 aliphatic rings. The van der Waals surface area contributed by atoms with Crippen LogP contribution in [-0.4, -0.2) is 0 Å². The van der Waals surface area contributed by atoms with E-state index in [1.807, 2.05) is 18.2 Å². The van der Waals surface area contributed by atoms with Crippen molar-refractivity contribution in [3.8, 4) is 0 Å². The lowest BCUT2D eigenvalue weighted by atomic mass is 10.0. The monoisotopic (exact) mass is 283 g/mol. The molecule has 0 bridgehead atoms. The van der Waals surface area contributed by atoms with Crippen LogP contribution in [0.5, 0.6) is 0 Å². The van der Waals surface area contributed by atoms with E-state index in [9.17, 15) is 0 Å². The molecule has 2 aromatic carbocycles. The van der Waals surface area contributed by atoms with Crippen LogP contribution >= 0.6 is 0 Å². The van der Waals surface area contributed by atoms with Crippen LogP contribution in [0.25, 0.3) is 0 Å². The molecule has 0 saturated heterocycles. The van der Waals surface area contributed by atoms with Gasteiger partial charge in [0, 0.05) is 11.4 Å². The van der Waals surface area contributed by atoms with Crippen molar-refractivity contribution in [2.45, 2.75) is 48.0 Å². The molecule has 1 nitrogen and oxygen atoms in total. The molecule has 1 N–H and O–H groups in total. The molecule has 0 atom stereocenters. The largest absolute Gasteiger partial charge is 0.355 e. The van der Waals surface area contributed by atoms with E-state index < -0.39 is 0 Å². The normalized spacial score (nSPS) is 10.0. The molecule has 2 rings (SSSR count). The Kier molecular flexibility index (Phi) is 7.01. The molecule has 0 unspecified atom stereocenters. The lowest BCUT2D eigenvalue weighted by molar-refractivity contribution is 0.626. The fourth-order valence-corrected chi connectivity index (χ4v) is 2.04. The van der Waals surface area contributed by atoms with Crippen molar-refractivity contribution in [1.29, 1.82) is 0 Å². The molecule has 0 aliphatic carbocycles. The van der Waals surface area contributed by atoms with Gasteiger partial charge in [-0.2, -0.15) is 0 Å². The summed E-state index contributed by atoms with van der Waals surface area (Å²) in [5, 5.41) is 3.47. The first-order valence-corrected chi connectivity index (χ1v) is 7.84. The summed E-state index contributed by atoms with van der Waals surface area (Å²) in [5.41, 5.74) is 6.26. The lowest BCUT2D eigenvalue weighted by Gasteiger charge is -2.13. The summed E-state index contributed by atoms with van der Waals surface area (Å²) in [4.78, 5) is 0. The highest BCUT2D eigenvalue weighted by Gasteiger charge is 2.03. The second-order valence-corrected chi connectivity index (χ2v) is 6.07. The van der Waals surface area contributed by atoms with Crippen molar-refractivity contribution in [1.82, 2.24) is 0 Å². The number of rotatable bonds is 3. The van der Waals surface area contributed by atoms with Gasteiger partial charge in [-0.1, -0.05) is 63.1 Å². The molecule has 0 aromatic heterocycles. The van der Waals surface area contributed by atoms with Crippen LogP contribution in [0.4, 0.5) is 11.4 Å². The molecule has 0 heterocycles. The Balaban J connectivity index is 0.000000383. The van der Waals surface area contributed by atoms with Crippen molar-refractivity contribution >= 4 is 11.4 Å². The third-order valence-corrected chi connectivity index (χ3v) is 3.54. The zero-order chi connectivity index (χ0) is 15.8. The van der Waals surface area contributed by atoms with E-state index in [1.54, 1.807) is 0 Å². The Morgan fingerprint density at radius 3 is 1.81 bits per heavy atom. The molecule has 0 saturated carbocycles. The number of hydrogen-bond donors (Lipinski definition) is 1. The van der Waals surface area contributed by atoms with E-state index in [1.165, 1.54) is 28.8 Å². The molecule has 0 fully saturated rings. The molecule has 21 heavy (non-hydrogen) atoms. The minimum absolute atomic E-state index is 0.884. The first-order chi connectivity index (χ1) is 9.93. The Labute approximate surface area is 130 Å². The second-order valence-electron chi connectivity index (χ2n) is 6.07. The summed E-state index contributed by atoms with van der Waals surface area (Å²) >= 11 is 0. The summed E-state index contributed by atoms with van der Waals surface area (Å²) in [6, 6.07) is 14.7. The van der Waals surface area contributed by atoms with Crippen LogP contribution in [0.2, 0.25) is 0 Å². The second kappa shape index (κ2) is 8.51. The quantitative estimate of drug-likeness (QED) is 0.686. The van der Waals surface area contributed by atoms with Crippen LogP contribution in [0.3, 0.4) is 0 Å². The van der Waals surface area contributed by atoms with E-state index in [-0.39, 0.29) is 0 Å². The zero-order valence-corrected chi connectivity index (χ0v) is 14.3. The molecular weight excluding hydrogens is 254 g/mol. The van der Waals surface area contributed by atoms with Gasteiger partial charge in [0.2, 0.25) is 0 Å². The summed E-state index contributed by atoms with van der Waals surface area (Å²) in [6.07, 6.45) is 1.31. The van der Waals surface area contributed by atoms with E-state index in [2.05, 4.69) is 71.1 Å². The van der Waals surface area contributed by atoms with Gasteiger partial charge in [0.1, 0.15) is 0 Å². The van der Waals surface area contributed by atoms with Crippen molar-refractivity contribution in [3.63, 3.8) is 0 Å². The molecule has 0 spiro atoms. The van der Waals surface area contributed by atoms with Gasteiger partial charge >= 0.3 is 0 Å². The van der Waals surface area contributed by atoms with Gasteiger partial charge in [-0.05, 0) is 49.9 Å². The molecule has 114 valence electrons. The topological polar surface area (TPSA) is 12.0 Å². The van der Waals surface area contributed by atoms with Gasteiger partial charge < -0.3 is 5.32 Å². The highest BCUT2D eigenvalue weighted by Crippen LogP contribution is 2.25. The fourth-order valence-electron chi connectivity index (χ4n) is 2.04. The van der Waals surface area contributed by atoms with Crippen LogP contribution in [-0.2, 0) is 0 Å². The highest BCUT2D eigenvalue weighted by atomic mass is 14.9. The van der Waals surface area contributed by atoms with Crippen LogP contribution in [0.15, 0.2) is 42.5 Å². The summed E-state index contributed by atoms with van der Waals surface area (Å²) in [5.74, 6) is 0.884. The average Bonchev–Trinajstić information content (AvgIpc) is 2.44. The van der Waals surface area contributed by atoms with Gasteiger partial charge in [0.25, 0.3) is 0 Å². The van der Waals surface area contributed by atoms with Gasteiger partial charge in [0.15, 0.2) is 0 Å². The summed E-state index contributed by atoms with van der Waals surface area (Å²) < 4.78 is 0. The third kappa shape index (κ3) is 6.03. The van der Waals surface area contributed by atoms with Gasteiger partial charge in [-0.25, -0.2) is 0 Å². The van der Waals surface area contributed by atoms with Gasteiger partial charge in [-0.15, -0.1) is 0 Å². The van der Waals surface area contributed by atoms with E-state index in [0.29, 0.717) is 0 Å². The predicted octanol–water partition coefficient (Wildman–Crippen LogP) is 6.41. The van der Waals surface area contributed by atoms with Crippen molar-refractivity contribution in [2.75, 3.05) is 5.32 Å². The predicted molar refractivity (Wildman–Crippen MR) is 95.5 cm³/mol. The summed E-state index contributed by atoms with van der Waals surface area (Å²) in [6.45, 7) is 13.1. The molecule has 1 heteroatoms. The number of para-hydroxylation sites is 1. The maximum atomic E-state index is 3.47. The first-order valence-electron chi connectivity index (χ1n) is 7.84. The SMILES string of the molecule is CCC(C)C.Cc1cc(C)c(Nc2ccccc2)c(C)c1. The average molecular weight is 283 g/mol. The Hall–Kier alpha value is -1.76. The van der Waals surface area contributed by atoms with Gasteiger partial charge in [0.05, 0.1) is 0 Å². The Morgan fingerprint density at radius 2 is 1.38 bits per heavy atom. The number of aryl methyl sites for hydroxylation is 3. The summed E-state index contributed by atoms with van der Waals surface area (Å²) in [7, 11) is 0. The zero-order valence-electron chi connectivity index (χ0n) is 14.3. The number of benzene rings is 2. The van der Waals surface area contributed by atoms with E-state index >= 15 is 0 Å². The third-order valence-electron chi connectivity index (χ3n) is 3.54. The maximum Gasteiger partial charge on any atom is 0.0443 e. The maximum absolute atomic E-state index is 3.47. The Bertz CT molecular complexity index is 518.